The second-order valence-corrected chi connectivity index (χ2v) is 5.32. The average Bonchev–Trinajstić information content (AvgIpc) is 2.60. The number of ether oxygens (including phenoxy) is 1. The molecule has 0 aromatic carbocycles. The maximum absolute atomic E-state index is 9.06. The number of nitrogens with two attached hydrogens (primary N) is 1. The lowest BCUT2D eigenvalue weighted by atomic mass is 9.87. The van der Waals surface area contributed by atoms with Crippen molar-refractivity contribution in [3.05, 3.63) is 0 Å². The van der Waals surface area contributed by atoms with E-state index in [1.165, 1.54) is 0 Å². The van der Waals surface area contributed by atoms with E-state index in [1.54, 1.807) is 0 Å². The van der Waals surface area contributed by atoms with Gasteiger partial charge in [0.15, 0.2) is 0 Å². The molecule has 0 amide bonds. The van der Waals surface area contributed by atoms with Gasteiger partial charge in [0.2, 0.25) is 0 Å². The van der Waals surface area contributed by atoms with Gasteiger partial charge in [0.05, 0.1) is 6.07 Å². The van der Waals surface area contributed by atoms with Gasteiger partial charge in [0.25, 0.3) is 0 Å². The van der Waals surface area contributed by atoms with E-state index in [9.17, 15) is 0 Å². The Kier molecular flexibility index (Phi) is 5.24. The Bertz CT molecular complexity index is 247. The van der Waals surface area contributed by atoms with Crippen LogP contribution in [0.3, 0.4) is 0 Å². The number of rotatable bonds is 6. The van der Waals surface area contributed by atoms with Crippen LogP contribution in [0.15, 0.2) is 0 Å². The van der Waals surface area contributed by atoms with Crippen LogP contribution in [0.1, 0.15) is 46.0 Å². The summed E-state index contributed by atoms with van der Waals surface area (Å²) in [6.07, 6.45) is 5.05. The van der Waals surface area contributed by atoms with E-state index in [1.807, 2.05) is 0 Å². The van der Waals surface area contributed by atoms with Crippen LogP contribution in [0.2, 0.25) is 0 Å². The van der Waals surface area contributed by atoms with Crippen LogP contribution in [0.25, 0.3) is 0 Å². The fraction of sp³-hybridized carbons (Fsp3) is 0.923. The highest BCUT2D eigenvalue weighted by Crippen LogP contribution is 2.35. The lowest BCUT2D eigenvalue weighted by molar-refractivity contribution is 0.106. The second kappa shape index (κ2) is 6.22. The summed E-state index contributed by atoms with van der Waals surface area (Å²) in [6, 6.07) is 2.27. The highest BCUT2D eigenvalue weighted by molar-refractivity contribution is 5.11. The minimum absolute atomic E-state index is 0.330. The summed E-state index contributed by atoms with van der Waals surface area (Å²) >= 11 is 0. The third-order valence-corrected chi connectivity index (χ3v) is 3.53. The summed E-state index contributed by atoms with van der Waals surface area (Å²) in [4.78, 5) is 0. The SMILES string of the molecule is CC(C)CCOCCC1CCCC1(N)C#N. The predicted molar refractivity (Wildman–Crippen MR) is 64.8 cm³/mol. The molecule has 3 heteroatoms. The number of nitrogens with zero attached hydrogens (tertiary/aromatic N) is 1. The van der Waals surface area contributed by atoms with Crippen LogP contribution >= 0.6 is 0 Å². The van der Waals surface area contributed by atoms with Gasteiger partial charge in [0.1, 0.15) is 5.54 Å². The first-order valence-electron chi connectivity index (χ1n) is 6.36. The molecule has 92 valence electrons. The highest BCUT2D eigenvalue weighted by Gasteiger charge is 2.39. The van der Waals surface area contributed by atoms with Gasteiger partial charge in [-0.05, 0) is 37.5 Å². The summed E-state index contributed by atoms with van der Waals surface area (Å²) in [5.41, 5.74) is 5.47. The zero-order chi connectivity index (χ0) is 12.0. The zero-order valence-electron chi connectivity index (χ0n) is 10.5. The molecular formula is C13H24N2O. The molecule has 0 heterocycles. The first kappa shape index (κ1) is 13.5. The van der Waals surface area contributed by atoms with E-state index in [-0.39, 0.29) is 0 Å². The molecule has 1 aliphatic rings. The van der Waals surface area contributed by atoms with Crippen LogP contribution in [-0.2, 0) is 4.74 Å². The first-order chi connectivity index (χ1) is 7.58. The largest absolute Gasteiger partial charge is 0.381 e. The Morgan fingerprint density at radius 3 is 2.88 bits per heavy atom. The van der Waals surface area contributed by atoms with Gasteiger partial charge in [-0.25, -0.2) is 0 Å². The Labute approximate surface area is 99.0 Å². The molecule has 2 N–H and O–H groups in total. The van der Waals surface area contributed by atoms with E-state index < -0.39 is 5.54 Å². The number of hydrogen-bond donors (Lipinski definition) is 1. The van der Waals surface area contributed by atoms with E-state index in [0.717, 1.165) is 45.3 Å². The van der Waals surface area contributed by atoms with Crippen molar-refractivity contribution in [2.24, 2.45) is 17.6 Å². The van der Waals surface area contributed by atoms with Crippen molar-refractivity contribution in [3.63, 3.8) is 0 Å². The maximum atomic E-state index is 9.06. The summed E-state index contributed by atoms with van der Waals surface area (Å²) in [7, 11) is 0. The molecule has 0 saturated heterocycles. The first-order valence-corrected chi connectivity index (χ1v) is 6.36. The molecule has 0 bridgehead atoms. The van der Waals surface area contributed by atoms with Gasteiger partial charge in [-0.3, -0.25) is 0 Å². The Morgan fingerprint density at radius 2 is 2.25 bits per heavy atom. The van der Waals surface area contributed by atoms with Crippen LogP contribution in [-0.4, -0.2) is 18.8 Å². The van der Waals surface area contributed by atoms with Crippen molar-refractivity contribution < 1.29 is 4.74 Å². The normalized spacial score (nSPS) is 29.6. The van der Waals surface area contributed by atoms with Gasteiger partial charge >= 0.3 is 0 Å². The lowest BCUT2D eigenvalue weighted by Gasteiger charge is -2.23. The molecule has 3 nitrogen and oxygen atoms in total. The molecule has 0 aliphatic heterocycles. The molecule has 16 heavy (non-hydrogen) atoms. The molecule has 1 fully saturated rings. The molecular weight excluding hydrogens is 200 g/mol. The molecule has 0 radical (unpaired) electrons. The molecule has 2 unspecified atom stereocenters. The van der Waals surface area contributed by atoms with Crippen molar-refractivity contribution >= 4 is 0 Å². The van der Waals surface area contributed by atoms with Crippen molar-refractivity contribution in [1.29, 1.82) is 5.26 Å². The van der Waals surface area contributed by atoms with E-state index >= 15 is 0 Å². The molecule has 0 aromatic rings. The van der Waals surface area contributed by atoms with E-state index in [4.69, 9.17) is 15.7 Å². The highest BCUT2D eigenvalue weighted by atomic mass is 16.5. The maximum Gasteiger partial charge on any atom is 0.107 e. The van der Waals surface area contributed by atoms with Gasteiger partial charge in [-0.15, -0.1) is 0 Å². The molecule has 1 aliphatic carbocycles. The standard InChI is InChI=1S/C13H24N2O/c1-11(2)5-8-16-9-6-12-4-3-7-13(12,15)10-14/h11-12H,3-9,15H2,1-2H3. The zero-order valence-corrected chi connectivity index (χ0v) is 10.5. The van der Waals surface area contributed by atoms with Crippen LogP contribution < -0.4 is 5.73 Å². The minimum Gasteiger partial charge on any atom is -0.381 e. The minimum atomic E-state index is -0.582. The van der Waals surface area contributed by atoms with Gasteiger partial charge < -0.3 is 10.5 Å². The summed E-state index contributed by atoms with van der Waals surface area (Å²) in [6.45, 7) is 5.97. The van der Waals surface area contributed by atoms with Crippen LogP contribution in [0.5, 0.6) is 0 Å². The number of hydrogen-bond acceptors (Lipinski definition) is 3. The summed E-state index contributed by atoms with van der Waals surface area (Å²) in [5.74, 6) is 1.02. The van der Waals surface area contributed by atoms with Crippen molar-refractivity contribution in [3.8, 4) is 6.07 Å². The van der Waals surface area contributed by atoms with Gasteiger partial charge in [-0.1, -0.05) is 20.3 Å². The van der Waals surface area contributed by atoms with Crippen molar-refractivity contribution in [1.82, 2.24) is 0 Å². The average molecular weight is 224 g/mol. The quantitative estimate of drug-likeness (QED) is 0.705. The predicted octanol–water partition coefficient (Wildman–Crippen LogP) is 2.46. The molecule has 1 rings (SSSR count). The van der Waals surface area contributed by atoms with Crippen molar-refractivity contribution in [2.45, 2.75) is 51.5 Å². The Morgan fingerprint density at radius 1 is 1.50 bits per heavy atom. The molecule has 1 saturated carbocycles. The molecule has 0 aromatic heterocycles. The smallest absolute Gasteiger partial charge is 0.107 e. The monoisotopic (exact) mass is 224 g/mol. The van der Waals surface area contributed by atoms with Gasteiger partial charge in [0, 0.05) is 13.2 Å². The fourth-order valence-corrected chi connectivity index (χ4v) is 2.30. The number of nitriles is 1. The van der Waals surface area contributed by atoms with E-state index in [2.05, 4.69) is 19.9 Å². The topological polar surface area (TPSA) is 59.0 Å². The van der Waals surface area contributed by atoms with Crippen LogP contribution in [0.4, 0.5) is 0 Å². The van der Waals surface area contributed by atoms with Gasteiger partial charge in [-0.2, -0.15) is 5.26 Å². The second-order valence-electron chi connectivity index (χ2n) is 5.32. The lowest BCUT2D eigenvalue weighted by Crippen LogP contribution is -2.42. The van der Waals surface area contributed by atoms with Crippen molar-refractivity contribution in [2.75, 3.05) is 13.2 Å². The molecule has 0 spiro atoms. The van der Waals surface area contributed by atoms with Crippen LogP contribution in [0, 0.1) is 23.2 Å². The fourth-order valence-electron chi connectivity index (χ4n) is 2.30. The third kappa shape index (κ3) is 3.77. The Hall–Kier alpha value is -0.590. The van der Waals surface area contributed by atoms with E-state index in [0.29, 0.717) is 11.8 Å². The molecule has 2 atom stereocenters. The summed E-state index contributed by atoms with van der Waals surface area (Å²) in [5, 5.41) is 9.06. The summed E-state index contributed by atoms with van der Waals surface area (Å²) < 4.78 is 5.58. The Balaban J connectivity index is 2.16. The third-order valence-electron chi connectivity index (χ3n) is 3.53.